The van der Waals surface area contributed by atoms with Crippen LogP contribution >= 0.6 is 11.6 Å². The predicted octanol–water partition coefficient (Wildman–Crippen LogP) is 4.07. The molecule has 0 radical (unpaired) electrons. The topological polar surface area (TPSA) is 99.9 Å². The quantitative estimate of drug-likeness (QED) is 0.577. The van der Waals surface area contributed by atoms with Crippen LogP contribution in [0.1, 0.15) is 23.7 Å². The first-order valence-electron chi connectivity index (χ1n) is 8.73. The van der Waals surface area contributed by atoms with Crippen molar-refractivity contribution in [2.45, 2.75) is 19.4 Å². The summed E-state index contributed by atoms with van der Waals surface area (Å²) in [7, 11) is 2.93. The van der Waals surface area contributed by atoms with Gasteiger partial charge in [-0.2, -0.15) is 0 Å². The Morgan fingerprint density at radius 1 is 1.17 bits per heavy atom. The van der Waals surface area contributed by atoms with E-state index in [9.17, 15) is 9.59 Å². The molecular weight excluding hydrogens is 400 g/mol. The highest BCUT2D eigenvalue weighted by molar-refractivity contribution is 6.32. The first-order valence-corrected chi connectivity index (χ1v) is 9.11. The Labute approximate surface area is 171 Å². The summed E-state index contributed by atoms with van der Waals surface area (Å²) in [5.74, 6) is -0.389. The molecule has 0 aliphatic heterocycles. The van der Waals surface area contributed by atoms with Crippen molar-refractivity contribution in [2.24, 2.45) is 0 Å². The van der Waals surface area contributed by atoms with Crippen LogP contribution in [-0.4, -0.2) is 37.2 Å². The first kappa shape index (κ1) is 20.5. The molecule has 3 rings (SSSR count). The second kappa shape index (κ2) is 8.83. The standard InChI is InChI=1S/C20H19ClN2O6/c1-4-15(29-20(25)11-5-6-16-13(7-11)22-10-28-16)19(24)23-14-8-12(21)17(26-2)9-18(14)27-3/h5-10,15H,4H2,1-3H3,(H,23,24). The van der Waals surface area contributed by atoms with E-state index in [4.69, 9.17) is 30.2 Å². The van der Waals surface area contributed by atoms with Crippen LogP contribution in [0.4, 0.5) is 5.69 Å². The van der Waals surface area contributed by atoms with E-state index in [0.717, 1.165) is 0 Å². The maximum atomic E-state index is 12.7. The van der Waals surface area contributed by atoms with Gasteiger partial charge in [0, 0.05) is 6.07 Å². The van der Waals surface area contributed by atoms with E-state index in [-0.39, 0.29) is 12.0 Å². The summed E-state index contributed by atoms with van der Waals surface area (Å²) < 4.78 is 20.9. The minimum absolute atomic E-state index is 0.266. The fraction of sp³-hybridized carbons (Fsp3) is 0.250. The molecule has 29 heavy (non-hydrogen) atoms. The maximum absolute atomic E-state index is 12.7. The van der Waals surface area contributed by atoms with Crippen LogP contribution in [0.5, 0.6) is 11.5 Å². The number of aromatic nitrogens is 1. The van der Waals surface area contributed by atoms with E-state index in [1.165, 1.54) is 32.7 Å². The van der Waals surface area contributed by atoms with E-state index in [2.05, 4.69) is 10.3 Å². The number of nitrogens with one attached hydrogen (secondary N) is 1. The van der Waals surface area contributed by atoms with Crippen molar-refractivity contribution in [3.05, 3.63) is 47.3 Å². The number of methoxy groups -OCH3 is 2. The molecule has 0 fully saturated rings. The molecule has 0 aliphatic rings. The number of fused-ring (bicyclic) bond motifs is 1. The highest BCUT2D eigenvalue weighted by Gasteiger charge is 2.24. The lowest BCUT2D eigenvalue weighted by atomic mass is 10.2. The van der Waals surface area contributed by atoms with Gasteiger partial charge in [-0.1, -0.05) is 18.5 Å². The molecule has 8 nitrogen and oxygen atoms in total. The second-order valence-electron chi connectivity index (χ2n) is 6.01. The number of benzene rings is 2. The van der Waals surface area contributed by atoms with Crippen LogP contribution < -0.4 is 14.8 Å². The van der Waals surface area contributed by atoms with Crippen molar-refractivity contribution >= 4 is 40.3 Å². The van der Waals surface area contributed by atoms with Gasteiger partial charge in [0.1, 0.15) is 17.0 Å². The Hall–Kier alpha value is -3.26. The maximum Gasteiger partial charge on any atom is 0.338 e. The number of ether oxygens (including phenoxy) is 3. The van der Waals surface area contributed by atoms with Crippen LogP contribution in [0.15, 0.2) is 41.1 Å². The predicted molar refractivity (Wildman–Crippen MR) is 107 cm³/mol. The summed E-state index contributed by atoms with van der Waals surface area (Å²) in [4.78, 5) is 29.1. The number of hydrogen-bond donors (Lipinski definition) is 1. The molecule has 1 unspecified atom stereocenters. The van der Waals surface area contributed by atoms with Crippen molar-refractivity contribution in [3.63, 3.8) is 0 Å². The van der Waals surface area contributed by atoms with Crippen LogP contribution in [0.25, 0.3) is 11.1 Å². The summed E-state index contributed by atoms with van der Waals surface area (Å²) >= 11 is 6.13. The third-order valence-corrected chi connectivity index (χ3v) is 4.51. The van der Waals surface area contributed by atoms with Gasteiger partial charge in [-0.25, -0.2) is 9.78 Å². The molecule has 0 spiro atoms. The van der Waals surface area contributed by atoms with Crippen molar-refractivity contribution in [3.8, 4) is 11.5 Å². The van der Waals surface area contributed by atoms with Gasteiger partial charge in [0.25, 0.3) is 5.91 Å². The minimum Gasteiger partial charge on any atom is -0.495 e. The zero-order chi connectivity index (χ0) is 21.0. The number of esters is 1. The molecule has 3 aromatic rings. The van der Waals surface area contributed by atoms with Gasteiger partial charge in [-0.3, -0.25) is 4.79 Å². The smallest absolute Gasteiger partial charge is 0.338 e. The molecule has 0 aliphatic carbocycles. The van der Waals surface area contributed by atoms with Crippen molar-refractivity contribution < 1.29 is 28.2 Å². The Morgan fingerprint density at radius 2 is 1.93 bits per heavy atom. The highest BCUT2D eigenvalue weighted by Crippen LogP contribution is 2.36. The lowest BCUT2D eigenvalue weighted by Crippen LogP contribution is -2.32. The molecule has 2 aromatic carbocycles. The summed E-state index contributed by atoms with van der Waals surface area (Å²) in [6, 6.07) is 7.76. The van der Waals surface area contributed by atoms with E-state index in [1.807, 2.05) is 0 Å². The van der Waals surface area contributed by atoms with Crippen molar-refractivity contribution in [1.29, 1.82) is 0 Å². The van der Waals surface area contributed by atoms with Crippen LogP contribution in [0.2, 0.25) is 5.02 Å². The molecule has 0 saturated carbocycles. The van der Waals surface area contributed by atoms with Crippen LogP contribution in [0, 0.1) is 0 Å². The Balaban J connectivity index is 1.75. The number of halogens is 1. The number of anilines is 1. The number of rotatable bonds is 7. The molecule has 1 N–H and O–H groups in total. The average Bonchev–Trinajstić information content (AvgIpc) is 3.19. The Bertz CT molecular complexity index is 1050. The zero-order valence-corrected chi connectivity index (χ0v) is 16.8. The van der Waals surface area contributed by atoms with Gasteiger partial charge >= 0.3 is 5.97 Å². The molecule has 1 heterocycles. The fourth-order valence-corrected chi connectivity index (χ4v) is 2.92. The molecule has 1 aromatic heterocycles. The summed E-state index contributed by atoms with van der Waals surface area (Å²) in [6.07, 6.45) is 0.548. The molecular formula is C20H19ClN2O6. The normalized spacial score (nSPS) is 11.7. The molecule has 0 saturated heterocycles. The number of carbonyl (C=O) groups excluding carboxylic acids is 2. The van der Waals surface area contributed by atoms with E-state index in [0.29, 0.717) is 33.3 Å². The largest absolute Gasteiger partial charge is 0.495 e. The zero-order valence-electron chi connectivity index (χ0n) is 16.0. The number of nitrogens with zero attached hydrogens (tertiary/aromatic N) is 1. The number of hydrogen-bond acceptors (Lipinski definition) is 7. The third-order valence-electron chi connectivity index (χ3n) is 4.21. The molecule has 152 valence electrons. The van der Waals surface area contributed by atoms with Crippen molar-refractivity contribution in [2.75, 3.05) is 19.5 Å². The lowest BCUT2D eigenvalue weighted by Gasteiger charge is -2.18. The van der Waals surface area contributed by atoms with Gasteiger partial charge in [0.2, 0.25) is 0 Å². The summed E-state index contributed by atoms with van der Waals surface area (Å²) in [6.45, 7) is 1.73. The van der Waals surface area contributed by atoms with Crippen LogP contribution in [0.3, 0.4) is 0 Å². The molecule has 1 atom stereocenters. The fourth-order valence-electron chi connectivity index (χ4n) is 2.68. The van der Waals surface area contributed by atoms with Gasteiger partial charge < -0.3 is 23.9 Å². The van der Waals surface area contributed by atoms with Gasteiger partial charge in [0.15, 0.2) is 18.1 Å². The Morgan fingerprint density at radius 3 is 2.62 bits per heavy atom. The third kappa shape index (κ3) is 4.43. The number of amides is 1. The van der Waals surface area contributed by atoms with Crippen molar-refractivity contribution in [1.82, 2.24) is 4.98 Å². The average molecular weight is 419 g/mol. The summed E-state index contributed by atoms with van der Waals surface area (Å²) in [5.41, 5.74) is 1.67. The molecule has 9 heteroatoms. The monoisotopic (exact) mass is 418 g/mol. The lowest BCUT2D eigenvalue weighted by molar-refractivity contribution is -0.124. The number of oxazole rings is 1. The molecule has 1 amide bonds. The minimum atomic E-state index is -1.01. The van der Waals surface area contributed by atoms with E-state index in [1.54, 1.807) is 25.1 Å². The number of carbonyl (C=O) groups is 2. The van der Waals surface area contributed by atoms with Crippen LogP contribution in [-0.2, 0) is 9.53 Å². The SMILES string of the molecule is CCC(OC(=O)c1ccc2ocnc2c1)C(=O)Nc1cc(Cl)c(OC)cc1OC. The van der Waals surface area contributed by atoms with Gasteiger partial charge in [-0.15, -0.1) is 0 Å². The highest BCUT2D eigenvalue weighted by atomic mass is 35.5. The second-order valence-corrected chi connectivity index (χ2v) is 6.42. The summed E-state index contributed by atoms with van der Waals surface area (Å²) in [5, 5.41) is 2.98. The van der Waals surface area contributed by atoms with E-state index >= 15 is 0 Å². The van der Waals surface area contributed by atoms with Gasteiger partial charge in [0.05, 0.1) is 30.5 Å². The Kier molecular flexibility index (Phi) is 6.23. The first-order chi connectivity index (χ1) is 14.0. The van der Waals surface area contributed by atoms with Gasteiger partial charge in [-0.05, 0) is 30.7 Å². The van der Waals surface area contributed by atoms with E-state index < -0.39 is 18.0 Å². The molecule has 0 bridgehead atoms.